The summed E-state index contributed by atoms with van der Waals surface area (Å²) in [5.74, 6) is -0.461. The lowest BCUT2D eigenvalue weighted by molar-refractivity contribution is 0.241. The van der Waals surface area contributed by atoms with Crippen molar-refractivity contribution in [3.8, 4) is 0 Å². The number of furan rings is 1. The average Bonchev–Trinajstić information content (AvgIpc) is 3.46. The van der Waals surface area contributed by atoms with Gasteiger partial charge in [0, 0.05) is 29.0 Å². The van der Waals surface area contributed by atoms with Gasteiger partial charge in [-0.2, -0.15) is 0 Å². The number of anilines is 1. The Morgan fingerprint density at radius 3 is 2.52 bits per heavy atom. The van der Waals surface area contributed by atoms with Crippen molar-refractivity contribution < 1.29 is 18.0 Å². The minimum Gasteiger partial charge on any atom is -0.455 e. The Bertz CT molecular complexity index is 1120. The number of fused-ring (bicyclic) bond motifs is 1. The van der Waals surface area contributed by atoms with Crippen molar-refractivity contribution in [3.05, 3.63) is 53.3 Å². The molecule has 1 aliphatic rings. The number of carbonyl (C=O) groups excluding carboxylic acids is 1. The number of nitrogens with zero attached hydrogens (tertiary/aromatic N) is 2. The van der Waals surface area contributed by atoms with Crippen LogP contribution in [0, 0.1) is 24.5 Å². The molecule has 9 heteroatoms. The maximum Gasteiger partial charge on any atom is 0.319 e. The third-order valence-electron chi connectivity index (χ3n) is 5.86. The topological polar surface area (TPSA) is 106 Å². The molecule has 0 spiro atoms. The van der Waals surface area contributed by atoms with Gasteiger partial charge in [0.1, 0.15) is 17.4 Å². The van der Waals surface area contributed by atoms with Gasteiger partial charge in [0.15, 0.2) is 11.4 Å². The van der Waals surface area contributed by atoms with Gasteiger partial charge in [0.2, 0.25) is 0 Å². The summed E-state index contributed by atoms with van der Waals surface area (Å²) in [6.45, 7) is 6.01. The van der Waals surface area contributed by atoms with Crippen LogP contribution in [-0.4, -0.2) is 22.5 Å². The summed E-state index contributed by atoms with van der Waals surface area (Å²) in [4.78, 5) is 21.3. The molecule has 3 aromatic rings. The van der Waals surface area contributed by atoms with Crippen LogP contribution in [0.4, 0.5) is 19.3 Å². The fourth-order valence-electron chi connectivity index (χ4n) is 3.74. The number of urea groups is 1. The molecule has 2 aromatic heterocycles. The Hall–Kier alpha value is -3.07. The molecule has 1 atom stereocenters. The number of halogens is 2. The molecule has 164 valence electrons. The minimum absolute atomic E-state index is 0.0281. The normalized spacial score (nSPS) is 15.8. The summed E-state index contributed by atoms with van der Waals surface area (Å²) in [7, 11) is 0. The Kier molecular flexibility index (Phi) is 5.38. The van der Waals surface area contributed by atoms with Gasteiger partial charge in [0.25, 0.3) is 0 Å². The lowest BCUT2D eigenvalue weighted by atomic mass is 9.98. The zero-order valence-electron chi connectivity index (χ0n) is 17.6. The number of carbonyl (C=O) groups is 1. The second kappa shape index (κ2) is 7.88. The number of nitrogens with one attached hydrogen (secondary N) is 2. The molecule has 4 rings (SSSR count). The van der Waals surface area contributed by atoms with Gasteiger partial charge < -0.3 is 20.8 Å². The SMILES string of the molecule is Cc1c([C@H](NC(=O)Nc2cnc(C3(CN)CC3)nc2)C(C)C)oc2c(F)cc(F)cc12. The number of hydrogen-bond acceptors (Lipinski definition) is 5. The van der Waals surface area contributed by atoms with Crippen LogP contribution in [0.3, 0.4) is 0 Å². The number of rotatable bonds is 6. The highest BCUT2D eigenvalue weighted by Crippen LogP contribution is 2.45. The number of amides is 2. The van der Waals surface area contributed by atoms with Crippen LogP contribution in [0.5, 0.6) is 0 Å². The second-order valence-corrected chi connectivity index (χ2v) is 8.46. The quantitative estimate of drug-likeness (QED) is 0.541. The molecule has 0 unspecified atom stereocenters. The summed E-state index contributed by atoms with van der Waals surface area (Å²) in [5, 5.41) is 5.90. The van der Waals surface area contributed by atoms with Crippen LogP contribution in [0.2, 0.25) is 0 Å². The third kappa shape index (κ3) is 3.97. The van der Waals surface area contributed by atoms with Crippen LogP contribution >= 0.6 is 0 Å². The number of hydrogen-bond donors (Lipinski definition) is 3. The Balaban J connectivity index is 1.52. The number of benzene rings is 1. The van der Waals surface area contributed by atoms with Crippen LogP contribution in [0.15, 0.2) is 28.9 Å². The van der Waals surface area contributed by atoms with Crippen molar-refractivity contribution in [2.75, 3.05) is 11.9 Å². The van der Waals surface area contributed by atoms with Gasteiger partial charge in [-0.05, 0) is 31.7 Å². The molecule has 0 bridgehead atoms. The fraction of sp³-hybridized carbons (Fsp3) is 0.409. The van der Waals surface area contributed by atoms with Crippen LogP contribution in [0.25, 0.3) is 11.0 Å². The van der Waals surface area contributed by atoms with E-state index in [4.69, 9.17) is 10.2 Å². The molecule has 31 heavy (non-hydrogen) atoms. The van der Waals surface area contributed by atoms with Gasteiger partial charge in [-0.25, -0.2) is 23.5 Å². The summed E-state index contributed by atoms with van der Waals surface area (Å²) in [6.07, 6.45) is 5.03. The standard InChI is InChI=1S/C22H25F2N5O2/c1-11(2)17(18-12(3)15-6-13(23)7-16(24)19(15)31-18)29-21(30)28-14-8-26-20(27-9-14)22(10-25)4-5-22/h6-9,11,17H,4-5,10,25H2,1-3H3,(H2,28,29,30)/t17-/m1/s1. The summed E-state index contributed by atoms with van der Waals surface area (Å²) in [5.41, 5.74) is 6.66. The predicted molar refractivity (Wildman–Crippen MR) is 113 cm³/mol. The molecule has 1 fully saturated rings. The molecule has 1 aromatic carbocycles. The van der Waals surface area contributed by atoms with Gasteiger partial charge in [-0.3, -0.25) is 0 Å². The Labute approximate surface area is 178 Å². The van der Waals surface area contributed by atoms with E-state index < -0.39 is 23.7 Å². The van der Waals surface area contributed by atoms with E-state index in [0.29, 0.717) is 34.8 Å². The van der Waals surface area contributed by atoms with Crippen molar-refractivity contribution in [3.63, 3.8) is 0 Å². The molecule has 0 radical (unpaired) electrons. The van der Waals surface area contributed by atoms with Gasteiger partial charge >= 0.3 is 6.03 Å². The largest absolute Gasteiger partial charge is 0.455 e. The molecular formula is C22H25F2N5O2. The van der Waals surface area contributed by atoms with Crippen molar-refractivity contribution in [2.45, 2.75) is 45.1 Å². The van der Waals surface area contributed by atoms with Crippen molar-refractivity contribution in [2.24, 2.45) is 11.7 Å². The Morgan fingerprint density at radius 1 is 1.26 bits per heavy atom. The number of aromatic nitrogens is 2. The fourth-order valence-corrected chi connectivity index (χ4v) is 3.74. The van der Waals surface area contributed by atoms with Crippen LogP contribution < -0.4 is 16.4 Å². The van der Waals surface area contributed by atoms with E-state index in [2.05, 4.69) is 20.6 Å². The summed E-state index contributed by atoms with van der Waals surface area (Å²) in [6, 6.07) is 0.966. The van der Waals surface area contributed by atoms with Crippen LogP contribution in [-0.2, 0) is 5.41 Å². The lowest BCUT2D eigenvalue weighted by Gasteiger charge is -2.21. The molecule has 2 amide bonds. The summed E-state index contributed by atoms with van der Waals surface area (Å²) >= 11 is 0. The number of aryl methyl sites for hydroxylation is 1. The summed E-state index contributed by atoms with van der Waals surface area (Å²) < 4.78 is 33.5. The monoisotopic (exact) mass is 429 g/mol. The van der Waals surface area contributed by atoms with E-state index in [1.165, 1.54) is 6.07 Å². The van der Waals surface area contributed by atoms with Gasteiger partial charge in [-0.15, -0.1) is 0 Å². The molecular weight excluding hydrogens is 404 g/mol. The van der Waals surface area contributed by atoms with E-state index in [1.54, 1.807) is 19.3 Å². The zero-order valence-corrected chi connectivity index (χ0v) is 17.6. The smallest absolute Gasteiger partial charge is 0.319 e. The molecule has 0 aliphatic heterocycles. The maximum absolute atomic E-state index is 14.1. The maximum atomic E-state index is 14.1. The molecule has 1 aliphatic carbocycles. The van der Waals surface area contributed by atoms with Crippen molar-refractivity contribution >= 4 is 22.7 Å². The zero-order chi connectivity index (χ0) is 22.3. The first kappa shape index (κ1) is 21.2. The molecule has 4 N–H and O–H groups in total. The molecule has 7 nitrogen and oxygen atoms in total. The highest BCUT2D eigenvalue weighted by Gasteiger charge is 2.45. The Morgan fingerprint density at radius 2 is 1.94 bits per heavy atom. The van der Waals surface area contributed by atoms with E-state index in [-0.39, 0.29) is 16.9 Å². The number of nitrogens with two attached hydrogens (primary N) is 1. The molecule has 0 saturated heterocycles. The first-order valence-electron chi connectivity index (χ1n) is 10.2. The van der Waals surface area contributed by atoms with Gasteiger partial charge in [-0.1, -0.05) is 13.8 Å². The highest BCUT2D eigenvalue weighted by molar-refractivity contribution is 5.89. The van der Waals surface area contributed by atoms with Gasteiger partial charge in [0.05, 0.1) is 24.1 Å². The minimum atomic E-state index is -0.778. The van der Waals surface area contributed by atoms with E-state index in [9.17, 15) is 13.6 Å². The van der Waals surface area contributed by atoms with E-state index >= 15 is 0 Å². The first-order chi connectivity index (χ1) is 14.7. The molecule has 2 heterocycles. The molecule has 1 saturated carbocycles. The average molecular weight is 429 g/mol. The second-order valence-electron chi connectivity index (χ2n) is 8.46. The predicted octanol–water partition coefficient (Wildman–Crippen LogP) is 4.32. The van der Waals surface area contributed by atoms with Crippen molar-refractivity contribution in [1.82, 2.24) is 15.3 Å². The highest BCUT2D eigenvalue weighted by atomic mass is 19.1. The van der Waals surface area contributed by atoms with Crippen LogP contribution in [0.1, 0.15) is 49.9 Å². The van der Waals surface area contributed by atoms with E-state index in [0.717, 1.165) is 18.9 Å². The lowest BCUT2D eigenvalue weighted by Crippen LogP contribution is -2.35. The third-order valence-corrected chi connectivity index (χ3v) is 5.86. The van der Waals surface area contributed by atoms with E-state index in [1.807, 2.05) is 13.8 Å². The van der Waals surface area contributed by atoms with Crippen molar-refractivity contribution in [1.29, 1.82) is 0 Å². The first-order valence-corrected chi connectivity index (χ1v) is 10.2.